The van der Waals surface area contributed by atoms with E-state index in [-0.39, 0.29) is 5.91 Å². The lowest BCUT2D eigenvalue weighted by Gasteiger charge is -2.04. The van der Waals surface area contributed by atoms with Gasteiger partial charge in [0.1, 0.15) is 10.6 Å². The molecule has 0 fully saturated rings. The van der Waals surface area contributed by atoms with Crippen molar-refractivity contribution in [2.24, 2.45) is 0 Å². The Hall–Kier alpha value is -1.54. The van der Waals surface area contributed by atoms with Crippen molar-refractivity contribution in [1.82, 2.24) is 5.32 Å². The molecule has 0 radical (unpaired) electrons. The van der Waals surface area contributed by atoms with Crippen molar-refractivity contribution in [3.05, 3.63) is 16.3 Å². The van der Waals surface area contributed by atoms with Gasteiger partial charge in [0.05, 0.1) is 13.2 Å². The summed E-state index contributed by atoms with van der Waals surface area (Å²) in [6.07, 6.45) is 2.18. The maximum Gasteiger partial charge on any atom is 0.265 e. The molecule has 1 rings (SSSR count). The average molecular weight is 238 g/mol. The Kier molecular flexibility index (Phi) is 5.37. The van der Waals surface area contributed by atoms with E-state index < -0.39 is 0 Å². The number of nitrogens with zero attached hydrogens (tertiary/aromatic N) is 1. The van der Waals surface area contributed by atoms with Gasteiger partial charge in [0.2, 0.25) is 0 Å². The first-order valence-electron chi connectivity index (χ1n) is 5.06. The zero-order valence-corrected chi connectivity index (χ0v) is 9.97. The van der Waals surface area contributed by atoms with Gasteiger partial charge in [0, 0.05) is 13.0 Å². The summed E-state index contributed by atoms with van der Waals surface area (Å²) in [5.74, 6) is 0.503. The van der Waals surface area contributed by atoms with Gasteiger partial charge in [-0.1, -0.05) is 0 Å². The molecular weight excluding hydrogens is 224 g/mol. The smallest absolute Gasteiger partial charge is 0.265 e. The number of nitrogens with one attached hydrogen (secondary N) is 1. The average Bonchev–Trinajstić information content (AvgIpc) is 2.76. The highest BCUT2D eigenvalue weighted by molar-refractivity contribution is 7.12. The summed E-state index contributed by atoms with van der Waals surface area (Å²) in [5.41, 5.74) is 0. The molecule has 86 valence electrons. The van der Waals surface area contributed by atoms with Crippen molar-refractivity contribution < 1.29 is 9.53 Å². The van der Waals surface area contributed by atoms with Crippen LogP contribution in [0, 0.1) is 11.3 Å². The molecule has 0 spiro atoms. The monoisotopic (exact) mass is 238 g/mol. The Balaban J connectivity index is 2.33. The lowest BCUT2D eigenvalue weighted by atomic mass is 10.2. The minimum absolute atomic E-state index is 0.108. The number of hydrogen-bond donors (Lipinski definition) is 1. The van der Waals surface area contributed by atoms with Crippen LogP contribution in [0.15, 0.2) is 11.4 Å². The lowest BCUT2D eigenvalue weighted by Crippen LogP contribution is -2.23. The zero-order valence-electron chi connectivity index (χ0n) is 9.16. The predicted octanol–water partition coefficient (Wildman–Crippen LogP) is 2.18. The van der Waals surface area contributed by atoms with Crippen molar-refractivity contribution in [2.45, 2.75) is 19.3 Å². The number of unbranched alkanes of at least 4 members (excludes halogenated alkanes) is 2. The molecule has 1 aromatic heterocycles. The van der Waals surface area contributed by atoms with Gasteiger partial charge >= 0.3 is 0 Å². The summed E-state index contributed by atoms with van der Waals surface area (Å²) in [6, 6.07) is 3.84. The van der Waals surface area contributed by atoms with E-state index in [4.69, 9.17) is 10.00 Å². The van der Waals surface area contributed by atoms with E-state index in [1.807, 2.05) is 5.38 Å². The van der Waals surface area contributed by atoms with Crippen molar-refractivity contribution in [3.8, 4) is 11.8 Å². The van der Waals surface area contributed by atoms with Crippen LogP contribution in [0.25, 0.3) is 0 Å². The van der Waals surface area contributed by atoms with Gasteiger partial charge in [-0.15, -0.1) is 11.3 Å². The maximum absolute atomic E-state index is 11.7. The van der Waals surface area contributed by atoms with E-state index in [2.05, 4.69) is 11.4 Å². The first-order chi connectivity index (χ1) is 7.79. The summed E-state index contributed by atoms with van der Waals surface area (Å²) in [4.78, 5) is 12.3. The highest BCUT2D eigenvalue weighted by Gasteiger charge is 2.12. The van der Waals surface area contributed by atoms with Gasteiger partial charge in [-0.25, -0.2) is 0 Å². The molecule has 0 aliphatic heterocycles. The zero-order chi connectivity index (χ0) is 11.8. The second-order valence-electron chi connectivity index (χ2n) is 3.19. The van der Waals surface area contributed by atoms with E-state index in [0.717, 1.165) is 12.8 Å². The fourth-order valence-electron chi connectivity index (χ4n) is 1.24. The number of rotatable bonds is 6. The molecule has 16 heavy (non-hydrogen) atoms. The largest absolute Gasteiger partial charge is 0.495 e. The number of hydrogen-bond acceptors (Lipinski definition) is 4. The number of methoxy groups -OCH3 is 1. The van der Waals surface area contributed by atoms with Crippen LogP contribution in [0.3, 0.4) is 0 Å². The summed E-state index contributed by atoms with van der Waals surface area (Å²) in [5, 5.41) is 13.0. The van der Waals surface area contributed by atoms with Gasteiger partial charge < -0.3 is 10.1 Å². The van der Waals surface area contributed by atoms with Crippen LogP contribution >= 0.6 is 11.3 Å². The standard InChI is InChI=1S/C11H14N2O2S/c1-15-9-5-8-16-10(9)11(14)13-7-4-2-3-6-12/h5,8H,2-4,7H2,1H3,(H,13,14). The minimum Gasteiger partial charge on any atom is -0.495 e. The SMILES string of the molecule is COc1ccsc1C(=O)NCCCCC#N. The lowest BCUT2D eigenvalue weighted by molar-refractivity contribution is 0.0954. The summed E-state index contributed by atoms with van der Waals surface area (Å²) in [6.45, 7) is 0.599. The fourth-order valence-corrected chi connectivity index (χ4v) is 2.01. The van der Waals surface area contributed by atoms with E-state index in [9.17, 15) is 4.79 Å². The number of amides is 1. The predicted molar refractivity (Wildman–Crippen MR) is 62.7 cm³/mol. The number of thiophene rings is 1. The number of carbonyl (C=O) groups is 1. The highest BCUT2D eigenvalue weighted by atomic mass is 32.1. The molecule has 0 saturated carbocycles. The van der Waals surface area contributed by atoms with Crippen LogP contribution in [0.5, 0.6) is 5.75 Å². The molecule has 0 aromatic carbocycles. The quantitative estimate of drug-likeness (QED) is 0.773. The second kappa shape index (κ2) is 6.85. The van der Waals surface area contributed by atoms with Gasteiger partial charge in [-0.2, -0.15) is 5.26 Å². The van der Waals surface area contributed by atoms with Crippen molar-refractivity contribution in [1.29, 1.82) is 5.26 Å². The third-order valence-corrected chi connectivity index (χ3v) is 2.95. The van der Waals surface area contributed by atoms with Crippen LogP contribution in [0.2, 0.25) is 0 Å². The van der Waals surface area contributed by atoms with E-state index in [1.165, 1.54) is 11.3 Å². The maximum atomic E-state index is 11.7. The molecular formula is C11H14N2O2S. The first kappa shape index (κ1) is 12.5. The molecule has 1 heterocycles. The van der Waals surface area contributed by atoms with Crippen LogP contribution in [-0.2, 0) is 0 Å². The van der Waals surface area contributed by atoms with Crippen LogP contribution < -0.4 is 10.1 Å². The third kappa shape index (κ3) is 3.55. The molecule has 1 amide bonds. The first-order valence-corrected chi connectivity index (χ1v) is 5.94. The Bertz CT molecular complexity index is 382. The van der Waals surface area contributed by atoms with Crippen molar-refractivity contribution in [3.63, 3.8) is 0 Å². The molecule has 0 unspecified atom stereocenters. The minimum atomic E-state index is -0.108. The number of ether oxygens (including phenoxy) is 1. The summed E-state index contributed by atoms with van der Waals surface area (Å²) < 4.78 is 5.06. The van der Waals surface area contributed by atoms with Gasteiger partial charge in [0.15, 0.2) is 0 Å². The Labute approximate surface area is 98.8 Å². The molecule has 5 heteroatoms. The van der Waals surface area contributed by atoms with Crippen LogP contribution in [0.4, 0.5) is 0 Å². The molecule has 0 aliphatic rings. The van der Waals surface area contributed by atoms with Gasteiger partial charge in [-0.3, -0.25) is 4.79 Å². The van der Waals surface area contributed by atoms with Crippen molar-refractivity contribution >= 4 is 17.2 Å². The molecule has 1 aromatic rings. The van der Waals surface area contributed by atoms with E-state index in [1.54, 1.807) is 13.2 Å². The van der Waals surface area contributed by atoms with Crippen LogP contribution in [-0.4, -0.2) is 19.6 Å². The normalized spacial score (nSPS) is 9.50. The second-order valence-corrected chi connectivity index (χ2v) is 4.11. The molecule has 4 nitrogen and oxygen atoms in total. The van der Waals surface area contributed by atoms with E-state index in [0.29, 0.717) is 23.6 Å². The van der Waals surface area contributed by atoms with Crippen molar-refractivity contribution in [2.75, 3.05) is 13.7 Å². The Morgan fingerprint density at radius 2 is 2.44 bits per heavy atom. The Morgan fingerprint density at radius 1 is 1.62 bits per heavy atom. The molecule has 0 bridgehead atoms. The highest BCUT2D eigenvalue weighted by Crippen LogP contribution is 2.23. The summed E-state index contributed by atoms with van der Waals surface area (Å²) in [7, 11) is 1.55. The molecule has 0 aliphatic carbocycles. The molecule has 1 N–H and O–H groups in total. The third-order valence-electron chi connectivity index (χ3n) is 2.06. The number of nitriles is 1. The summed E-state index contributed by atoms with van der Waals surface area (Å²) >= 11 is 1.36. The fraction of sp³-hybridized carbons (Fsp3) is 0.455. The van der Waals surface area contributed by atoms with Gasteiger partial charge in [0.25, 0.3) is 5.91 Å². The topological polar surface area (TPSA) is 62.1 Å². The van der Waals surface area contributed by atoms with Gasteiger partial charge in [-0.05, 0) is 24.3 Å². The van der Waals surface area contributed by atoms with E-state index >= 15 is 0 Å². The molecule has 0 atom stereocenters. The molecule has 0 saturated heterocycles. The Morgan fingerprint density at radius 3 is 3.12 bits per heavy atom. The number of carbonyl (C=O) groups excluding carboxylic acids is 1. The van der Waals surface area contributed by atoms with Crippen LogP contribution in [0.1, 0.15) is 28.9 Å².